The molecule has 1 saturated heterocycles. The quantitative estimate of drug-likeness (QED) is 0.158. The Morgan fingerprint density at radius 2 is 1.64 bits per heavy atom. The molecule has 0 spiro atoms. The van der Waals surface area contributed by atoms with E-state index in [1.54, 1.807) is 0 Å². The molecule has 1 aromatic rings. The Morgan fingerprint density at radius 1 is 1.02 bits per heavy atom. The lowest BCUT2D eigenvalue weighted by Crippen LogP contribution is -2.62. The number of likely N-dealkylation sites (tertiary alicyclic amines) is 1. The minimum absolute atomic E-state index is 0.0721. The molecule has 12 nitrogen and oxygen atoms in total. The largest absolute Gasteiger partial charge is 0.399 e. The highest BCUT2D eigenvalue weighted by molar-refractivity contribution is 6.38. The van der Waals surface area contributed by atoms with Crippen molar-refractivity contribution in [2.45, 2.75) is 85.5 Å². The highest BCUT2D eigenvalue weighted by atomic mass is 16.6. The van der Waals surface area contributed by atoms with E-state index in [0.29, 0.717) is 25.1 Å². The summed E-state index contributed by atoms with van der Waals surface area (Å²) >= 11 is 0. The van der Waals surface area contributed by atoms with Crippen LogP contribution in [-0.2, 0) is 24.0 Å². The molecule has 0 radical (unpaired) electrons. The van der Waals surface area contributed by atoms with Crippen molar-refractivity contribution in [2.75, 3.05) is 13.7 Å². The number of nitrogens with zero attached hydrogens (tertiary/aromatic N) is 2. The zero-order valence-electron chi connectivity index (χ0n) is 27.5. The molecule has 45 heavy (non-hydrogen) atoms. The van der Waals surface area contributed by atoms with Crippen LogP contribution in [-0.4, -0.2) is 78.0 Å². The summed E-state index contributed by atoms with van der Waals surface area (Å²) in [4.78, 5) is 72.6. The predicted octanol–water partition coefficient (Wildman–Crippen LogP) is 2.21. The van der Waals surface area contributed by atoms with Crippen LogP contribution in [0.15, 0.2) is 35.5 Å². The van der Waals surface area contributed by atoms with Gasteiger partial charge in [-0.3, -0.25) is 19.2 Å². The van der Waals surface area contributed by atoms with Crippen molar-refractivity contribution in [3.63, 3.8) is 0 Å². The number of carbonyl (C=O) groups is 5. The fraction of sp³-hybridized carbons (Fsp3) is 0.636. The number of nitrogens with two attached hydrogens (primary N) is 1. The first-order valence-corrected chi connectivity index (χ1v) is 15.7. The Balaban J connectivity index is 1.56. The number of ketones is 1. The zero-order valence-corrected chi connectivity index (χ0v) is 27.5. The topological polar surface area (TPSA) is 172 Å². The van der Waals surface area contributed by atoms with Crippen LogP contribution in [0, 0.1) is 34.5 Å². The van der Waals surface area contributed by atoms with Crippen LogP contribution in [0.3, 0.4) is 0 Å². The Kier molecular flexibility index (Phi) is 9.65. The van der Waals surface area contributed by atoms with Crippen LogP contribution in [0.2, 0.25) is 0 Å². The number of nitrogens with one attached hydrogen (secondary N) is 3. The molecule has 0 bridgehead atoms. The van der Waals surface area contributed by atoms with E-state index in [2.05, 4.69) is 35.0 Å². The second kappa shape index (κ2) is 12.8. The third kappa shape index (κ3) is 7.15. The minimum atomic E-state index is -1.09. The second-order valence-corrected chi connectivity index (χ2v) is 14.6. The van der Waals surface area contributed by atoms with E-state index in [1.165, 1.54) is 12.0 Å². The van der Waals surface area contributed by atoms with Gasteiger partial charge in [0.1, 0.15) is 30.9 Å². The van der Waals surface area contributed by atoms with Gasteiger partial charge in [0.15, 0.2) is 0 Å². The summed E-state index contributed by atoms with van der Waals surface area (Å²) in [6.45, 7) is 13.9. The van der Waals surface area contributed by atoms with Crippen molar-refractivity contribution in [1.29, 1.82) is 0 Å². The molecule has 0 aromatic heterocycles. The number of Topliss-reactive ketones (excluding diaryl/α,β-unsaturated/α-hetero) is 1. The van der Waals surface area contributed by atoms with Gasteiger partial charge in [-0.15, -0.1) is 0 Å². The summed E-state index contributed by atoms with van der Waals surface area (Å²) in [6, 6.07) is 5.46. The molecule has 4 rings (SSSR count). The molecule has 1 heterocycles. The summed E-state index contributed by atoms with van der Waals surface area (Å²) < 4.78 is 0. The van der Waals surface area contributed by atoms with E-state index < -0.39 is 53.2 Å². The number of rotatable bonds is 12. The average Bonchev–Trinajstić information content (AvgIpc) is 3.84. The van der Waals surface area contributed by atoms with Gasteiger partial charge in [0.05, 0.1) is 6.04 Å². The lowest BCUT2D eigenvalue weighted by molar-refractivity contribution is -0.145. The number of urea groups is 1. The molecule has 5 N–H and O–H groups in total. The van der Waals surface area contributed by atoms with Gasteiger partial charge in [0, 0.05) is 12.1 Å². The fourth-order valence-electron chi connectivity index (χ4n) is 6.71. The highest BCUT2D eigenvalue weighted by Gasteiger charge is 2.70. The molecule has 2 aliphatic carbocycles. The summed E-state index contributed by atoms with van der Waals surface area (Å²) in [7, 11) is 1.44. The van der Waals surface area contributed by atoms with Crippen LogP contribution >= 0.6 is 0 Å². The second-order valence-electron chi connectivity index (χ2n) is 14.6. The maximum absolute atomic E-state index is 14.3. The molecule has 6 atom stereocenters. The number of fused-ring (bicyclic) bond motifs is 1. The van der Waals surface area contributed by atoms with E-state index in [0.717, 1.165) is 5.56 Å². The van der Waals surface area contributed by atoms with Gasteiger partial charge in [-0.1, -0.05) is 84.0 Å². The summed E-state index contributed by atoms with van der Waals surface area (Å²) in [5.41, 5.74) is 5.71. The number of hydrogen-bond acceptors (Lipinski definition) is 7. The van der Waals surface area contributed by atoms with Crippen molar-refractivity contribution >= 4 is 35.2 Å². The van der Waals surface area contributed by atoms with Crippen LogP contribution in [0.5, 0.6) is 0 Å². The molecule has 3 fully saturated rings. The van der Waals surface area contributed by atoms with E-state index in [1.807, 2.05) is 65.0 Å². The van der Waals surface area contributed by atoms with Gasteiger partial charge in [-0.25, -0.2) is 4.79 Å². The monoisotopic (exact) mass is 624 g/mol. The summed E-state index contributed by atoms with van der Waals surface area (Å²) in [5.74, 6) is -3.04. The molecular weight excluding hydrogens is 576 g/mol. The third-order valence-corrected chi connectivity index (χ3v) is 9.57. The van der Waals surface area contributed by atoms with Crippen LogP contribution in [0.25, 0.3) is 0 Å². The van der Waals surface area contributed by atoms with Crippen molar-refractivity contribution in [3.05, 3.63) is 35.9 Å². The summed E-state index contributed by atoms with van der Waals surface area (Å²) in [5, 5.41) is 12.9. The number of piperidine rings is 1. The fourth-order valence-corrected chi connectivity index (χ4v) is 6.71. The molecule has 3 aliphatic rings. The van der Waals surface area contributed by atoms with Gasteiger partial charge in [0.25, 0.3) is 5.91 Å². The number of amides is 5. The molecule has 246 valence electrons. The molecule has 12 heteroatoms. The van der Waals surface area contributed by atoms with Crippen molar-refractivity contribution in [1.82, 2.24) is 20.9 Å². The first-order chi connectivity index (χ1) is 21.0. The Morgan fingerprint density at radius 3 is 2.16 bits per heavy atom. The lowest BCUT2D eigenvalue weighted by atomic mass is 9.85. The van der Waals surface area contributed by atoms with E-state index in [4.69, 9.17) is 10.6 Å². The number of hydrogen-bond donors (Lipinski definition) is 4. The predicted molar refractivity (Wildman–Crippen MR) is 169 cm³/mol. The van der Waals surface area contributed by atoms with Gasteiger partial charge < -0.3 is 31.4 Å². The number of primary amides is 1. The SMILES string of the molecule is CO/N=C(\c1ccccc1)[C@@H](NC(=O)N[C@H](C(=O)N1C[C@H]2[C@@H]([C@H]1C(=O)NC(C(=O)C(N)=O)C1CC1)C2(C)C)C(C)(C)C)C(C)C. The number of carbonyl (C=O) groups excluding carboxylic acids is 5. The average molecular weight is 625 g/mol. The molecule has 2 saturated carbocycles. The van der Waals surface area contributed by atoms with E-state index >= 15 is 0 Å². The first kappa shape index (κ1) is 33.9. The van der Waals surface area contributed by atoms with Gasteiger partial charge in [0.2, 0.25) is 17.6 Å². The van der Waals surface area contributed by atoms with Gasteiger partial charge >= 0.3 is 6.03 Å². The van der Waals surface area contributed by atoms with Gasteiger partial charge in [-0.2, -0.15) is 0 Å². The molecule has 1 aromatic carbocycles. The van der Waals surface area contributed by atoms with Gasteiger partial charge in [-0.05, 0) is 47.3 Å². The first-order valence-electron chi connectivity index (χ1n) is 15.7. The Hall–Kier alpha value is -3.96. The minimum Gasteiger partial charge on any atom is -0.399 e. The molecular formula is C33H48N6O6. The lowest BCUT2D eigenvalue weighted by Gasteiger charge is -2.38. The van der Waals surface area contributed by atoms with Crippen molar-refractivity contribution < 1.29 is 28.8 Å². The Labute approximate surface area is 265 Å². The summed E-state index contributed by atoms with van der Waals surface area (Å²) in [6.07, 6.45) is 1.41. The zero-order chi connectivity index (χ0) is 33.4. The maximum Gasteiger partial charge on any atom is 0.316 e. The van der Waals surface area contributed by atoms with E-state index in [-0.39, 0.29) is 35.0 Å². The third-order valence-electron chi connectivity index (χ3n) is 9.57. The van der Waals surface area contributed by atoms with Crippen molar-refractivity contribution in [2.24, 2.45) is 45.4 Å². The maximum atomic E-state index is 14.3. The molecule has 1 aliphatic heterocycles. The van der Waals surface area contributed by atoms with Crippen LogP contribution in [0.1, 0.15) is 66.9 Å². The van der Waals surface area contributed by atoms with E-state index in [9.17, 15) is 24.0 Å². The Bertz CT molecular complexity index is 1350. The normalized spacial score (nSPS) is 24.2. The highest BCUT2D eigenvalue weighted by Crippen LogP contribution is 2.65. The molecule has 1 unspecified atom stereocenters. The number of benzene rings is 1. The molecule has 5 amide bonds. The smallest absolute Gasteiger partial charge is 0.316 e. The van der Waals surface area contributed by atoms with Crippen molar-refractivity contribution in [3.8, 4) is 0 Å². The van der Waals surface area contributed by atoms with Crippen LogP contribution in [0.4, 0.5) is 4.79 Å². The van der Waals surface area contributed by atoms with Crippen LogP contribution < -0.4 is 21.7 Å². The standard InChI is InChI=1S/C33H48N6O6/c1-17(2)22(23(38-45-8)18-12-10-9-11-13-18)36-31(44)37-27(32(3,4)5)30(43)39-16-20-21(33(20,6)7)25(39)29(42)35-24(19-14-15-19)26(40)28(34)41/h9-13,17,19-22,24-25,27H,14-16H2,1-8H3,(H2,34,41)(H,35,42)(H2,36,37,44)/b38-23+/t20-,21-,22-,24?,25-,27+/m0/s1. The number of oxime groups is 1.